The van der Waals surface area contributed by atoms with Crippen molar-refractivity contribution in [3.8, 4) is 16.9 Å². The van der Waals surface area contributed by atoms with E-state index in [1.807, 2.05) is 30.3 Å². The van der Waals surface area contributed by atoms with Gasteiger partial charge < -0.3 is 20.9 Å². The quantitative estimate of drug-likeness (QED) is 0.571. The van der Waals surface area contributed by atoms with Crippen LogP contribution in [0.3, 0.4) is 0 Å². The highest BCUT2D eigenvalue weighted by molar-refractivity contribution is 6.08. The lowest BCUT2D eigenvalue weighted by molar-refractivity contribution is -0.136. The summed E-state index contributed by atoms with van der Waals surface area (Å²) in [6.07, 6.45) is -0.181. The fraction of sp³-hybridized carbons (Fsp3) is 0.130. The molecule has 3 aromatic carbocycles. The molecule has 0 saturated heterocycles. The van der Waals surface area contributed by atoms with Crippen molar-refractivity contribution in [2.75, 3.05) is 12.4 Å². The van der Waals surface area contributed by atoms with Gasteiger partial charge in [-0.25, -0.2) is 0 Å². The fourth-order valence-electron chi connectivity index (χ4n) is 3.18. The summed E-state index contributed by atoms with van der Waals surface area (Å²) >= 11 is 0. The molecule has 0 spiro atoms. The van der Waals surface area contributed by atoms with Gasteiger partial charge in [-0.3, -0.25) is 9.59 Å². The van der Waals surface area contributed by atoms with E-state index in [0.717, 1.165) is 16.7 Å². The van der Waals surface area contributed by atoms with Crippen LogP contribution in [0.5, 0.6) is 5.75 Å². The van der Waals surface area contributed by atoms with Gasteiger partial charge in [-0.05, 0) is 34.9 Å². The van der Waals surface area contributed by atoms with E-state index in [-0.39, 0.29) is 12.3 Å². The minimum Gasteiger partial charge on any atom is -0.495 e. The molecule has 0 aliphatic heterocycles. The molecule has 0 aromatic heterocycles. The Labute approximate surface area is 168 Å². The maximum atomic E-state index is 13.0. The van der Waals surface area contributed by atoms with Gasteiger partial charge in [-0.15, -0.1) is 0 Å². The highest BCUT2D eigenvalue weighted by Crippen LogP contribution is 2.34. The van der Waals surface area contributed by atoms with Crippen LogP contribution in [0.15, 0.2) is 66.7 Å². The van der Waals surface area contributed by atoms with Crippen LogP contribution in [0.25, 0.3) is 11.1 Å². The number of benzene rings is 3. The molecule has 0 radical (unpaired) electrons. The number of nitrogens with two attached hydrogens (primary N) is 1. The first kappa shape index (κ1) is 20.1. The molecule has 29 heavy (non-hydrogen) atoms. The van der Waals surface area contributed by atoms with E-state index in [2.05, 4.69) is 5.32 Å². The molecule has 6 heteroatoms. The number of ether oxygens (including phenoxy) is 1. The van der Waals surface area contributed by atoms with Crippen LogP contribution in [0, 0.1) is 0 Å². The SMILES string of the molecule is COc1c(C(=O)Nc2ccccc2CC(=O)O)cccc1-c1cccc(CN)c1. The Morgan fingerprint density at radius 3 is 2.52 bits per heavy atom. The van der Waals surface area contributed by atoms with E-state index in [9.17, 15) is 9.59 Å². The second-order valence-electron chi connectivity index (χ2n) is 6.47. The molecule has 0 aliphatic carbocycles. The summed E-state index contributed by atoms with van der Waals surface area (Å²) in [6.45, 7) is 0.413. The first-order valence-corrected chi connectivity index (χ1v) is 9.11. The molecule has 148 valence electrons. The highest BCUT2D eigenvalue weighted by Gasteiger charge is 2.18. The number of aliphatic carboxylic acids is 1. The van der Waals surface area contributed by atoms with Gasteiger partial charge in [0.05, 0.1) is 19.1 Å². The van der Waals surface area contributed by atoms with Gasteiger partial charge in [-0.1, -0.05) is 48.5 Å². The Morgan fingerprint density at radius 2 is 1.79 bits per heavy atom. The van der Waals surface area contributed by atoms with E-state index in [1.165, 1.54) is 7.11 Å². The molecule has 6 nitrogen and oxygen atoms in total. The third kappa shape index (κ3) is 4.62. The average Bonchev–Trinajstić information content (AvgIpc) is 2.74. The Balaban J connectivity index is 1.97. The normalized spacial score (nSPS) is 10.4. The predicted molar refractivity (Wildman–Crippen MR) is 112 cm³/mol. The first-order chi connectivity index (χ1) is 14.0. The number of rotatable bonds is 7. The zero-order valence-electron chi connectivity index (χ0n) is 16.0. The standard InChI is InChI=1S/C23H22N2O4/c1-29-22-18(16-8-4-6-15(12-16)14-24)9-5-10-19(22)23(28)25-20-11-3-2-7-17(20)13-21(26)27/h2-12H,13-14,24H2,1H3,(H,25,28)(H,26,27). The van der Waals surface area contributed by atoms with Gasteiger partial charge in [0.1, 0.15) is 5.75 Å². The molecule has 0 fully saturated rings. The molecule has 0 aliphatic rings. The summed E-state index contributed by atoms with van der Waals surface area (Å²) in [5, 5.41) is 11.9. The molecule has 1 amide bonds. The van der Waals surface area contributed by atoms with Crippen molar-refractivity contribution < 1.29 is 19.4 Å². The van der Waals surface area contributed by atoms with Crippen LogP contribution in [0.2, 0.25) is 0 Å². The summed E-state index contributed by atoms with van der Waals surface area (Å²) in [5.74, 6) is -0.905. The average molecular weight is 390 g/mol. The number of carboxylic acid groups (broad SMARTS) is 1. The van der Waals surface area contributed by atoms with Crippen LogP contribution in [-0.2, 0) is 17.8 Å². The topological polar surface area (TPSA) is 102 Å². The lowest BCUT2D eigenvalue weighted by Crippen LogP contribution is -2.15. The smallest absolute Gasteiger partial charge is 0.307 e. The van der Waals surface area contributed by atoms with E-state index < -0.39 is 5.97 Å². The molecular weight excluding hydrogens is 368 g/mol. The van der Waals surface area contributed by atoms with Crippen LogP contribution in [-0.4, -0.2) is 24.1 Å². The van der Waals surface area contributed by atoms with E-state index in [0.29, 0.717) is 29.1 Å². The first-order valence-electron chi connectivity index (χ1n) is 9.11. The molecule has 3 aromatic rings. The summed E-state index contributed by atoms with van der Waals surface area (Å²) in [5.41, 5.74) is 9.72. The molecular formula is C23H22N2O4. The van der Waals surface area contributed by atoms with Crippen molar-refractivity contribution in [3.63, 3.8) is 0 Å². The Hall–Kier alpha value is -3.64. The van der Waals surface area contributed by atoms with Crippen molar-refractivity contribution in [1.82, 2.24) is 0 Å². The van der Waals surface area contributed by atoms with Crippen molar-refractivity contribution in [3.05, 3.63) is 83.4 Å². The second kappa shape index (κ2) is 9.03. The van der Waals surface area contributed by atoms with Gasteiger partial charge in [0, 0.05) is 17.8 Å². The van der Waals surface area contributed by atoms with E-state index in [1.54, 1.807) is 36.4 Å². The highest BCUT2D eigenvalue weighted by atomic mass is 16.5. The van der Waals surface area contributed by atoms with Gasteiger partial charge in [0.15, 0.2) is 0 Å². The van der Waals surface area contributed by atoms with E-state index >= 15 is 0 Å². The second-order valence-corrected chi connectivity index (χ2v) is 6.47. The number of hydrogen-bond donors (Lipinski definition) is 3. The van der Waals surface area contributed by atoms with E-state index in [4.69, 9.17) is 15.6 Å². The number of para-hydroxylation sites is 2. The third-order valence-corrected chi connectivity index (χ3v) is 4.54. The largest absolute Gasteiger partial charge is 0.495 e. The van der Waals surface area contributed by atoms with Gasteiger partial charge in [-0.2, -0.15) is 0 Å². The molecule has 0 heterocycles. The number of carbonyl (C=O) groups excluding carboxylic acids is 1. The van der Waals surface area contributed by atoms with Crippen molar-refractivity contribution in [1.29, 1.82) is 0 Å². The molecule has 0 atom stereocenters. The number of nitrogens with one attached hydrogen (secondary N) is 1. The summed E-state index contributed by atoms with van der Waals surface area (Å²) < 4.78 is 5.57. The minimum atomic E-state index is -0.967. The molecule has 3 rings (SSSR count). The number of carbonyl (C=O) groups is 2. The van der Waals surface area contributed by atoms with Crippen LogP contribution < -0.4 is 15.8 Å². The molecule has 0 saturated carbocycles. The monoisotopic (exact) mass is 390 g/mol. The predicted octanol–water partition coefficient (Wildman–Crippen LogP) is 3.70. The number of anilines is 1. The maximum absolute atomic E-state index is 13.0. The van der Waals surface area contributed by atoms with Crippen LogP contribution >= 0.6 is 0 Å². The minimum absolute atomic E-state index is 0.181. The zero-order valence-corrected chi connectivity index (χ0v) is 16.0. The lowest BCUT2D eigenvalue weighted by Gasteiger charge is -2.15. The Kier molecular flexibility index (Phi) is 6.26. The molecule has 4 N–H and O–H groups in total. The third-order valence-electron chi connectivity index (χ3n) is 4.54. The Morgan fingerprint density at radius 1 is 1.03 bits per heavy atom. The molecule has 0 bridgehead atoms. The van der Waals surface area contributed by atoms with Crippen LogP contribution in [0.1, 0.15) is 21.5 Å². The van der Waals surface area contributed by atoms with Gasteiger partial charge in [0.2, 0.25) is 0 Å². The fourth-order valence-corrected chi connectivity index (χ4v) is 3.18. The number of carboxylic acids is 1. The lowest BCUT2D eigenvalue weighted by atomic mass is 9.99. The van der Waals surface area contributed by atoms with Crippen molar-refractivity contribution >= 4 is 17.6 Å². The maximum Gasteiger partial charge on any atom is 0.307 e. The summed E-state index contributed by atoms with van der Waals surface area (Å²) in [6, 6.07) is 19.9. The van der Waals surface area contributed by atoms with Crippen molar-refractivity contribution in [2.24, 2.45) is 5.73 Å². The Bertz CT molecular complexity index is 1050. The number of methoxy groups -OCH3 is 1. The van der Waals surface area contributed by atoms with Gasteiger partial charge >= 0.3 is 5.97 Å². The zero-order chi connectivity index (χ0) is 20.8. The summed E-state index contributed by atoms with van der Waals surface area (Å²) in [4.78, 5) is 24.1. The summed E-state index contributed by atoms with van der Waals surface area (Å²) in [7, 11) is 1.51. The van der Waals surface area contributed by atoms with Crippen molar-refractivity contribution in [2.45, 2.75) is 13.0 Å². The molecule has 0 unspecified atom stereocenters. The van der Waals surface area contributed by atoms with Crippen LogP contribution in [0.4, 0.5) is 5.69 Å². The number of hydrogen-bond acceptors (Lipinski definition) is 4. The van der Waals surface area contributed by atoms with Gasteiger partial charge in [0.25, 0.3) is 5.91 Å². The number of amides is 1.